The highest BCUT2D eigenvalue weighted by Crippen LogP contribution is 2.41. The van der Waals surface area contributed by atoms with Crippen molar-refractivity contribution in [2.75, 3.05) is 49.6 Å². The molecule has 16 nitrogen and oxygen atoms in total. The molecule has 11 rings (SSSR count). The predicted molar refractivity (Wildman–Crippen MR) is 230 cm³/mol. The number of rotatable bonds is 11. The summed E-state index contributed by atoms with van der Waals surface area (Å²) in [7, 11) is 0. The topological polar surface area (TPSA) is 166 Å². The Kier molecular flexibility index (Phi) is 11.1. The average molecular weight is 894 g/mol. The lowest BCUT2D eigenvalue weighted by Gasteiger charge is -2.38. The summed E-state index contributed by atoms with van der Waals surface area (Å²) in [5.41, 5.74) is 2.29. The van der Waals surface area contributed by atoms with Gasteiger partial charge in [-0.05, 0) is 75.8 Å². The Morgan fingerprint density at radius 3 is 2.62 bits per heavy atom. The number of morpholine rings is 1. The van der Waals surface area contributed by atoms with Gasteiger partial charge < -0.3 is 19.7 Å². The number of halogens is 3. The number of carbonyl (C=O) groups excluding carboxylic acids is 3. The van der Waals surface area contributed by atoms with Gasteiger partial charge in [0, 0.05) is 50.4 Å². The van der Waals surface area contributed by atoms with E-state index in [-0.39, 0.29) is 66.9 Å². The molecule has 4 aromatic heterocycles. The predicted octanol–water partition coefficient (Wildman–Crippen LogP) is 5.51. The van der Waals surface area contributed by atoms with Crippen molar-refractivity contribution in [3.05, 3.63) is 65.4 Å². The number of piperidine rings is 2. The van der Waals surface area contributed by atoms with E-state index < -0.39 is 36.2 Å². The number of hydrogen-bond acceptors (Lipinski definition) is 11. The molecular formula is C46H50F3N11O5. The second kappa shape index (κ2) is 17.2. The third kappa shape index (κ3) is 8.24. The zero-order chi connectivity index (χ0) is 44.3. The van der Waals surface area contributed by atoms with Gasteiger partial charge >= 0.3 is 0 Å². The number of amides is 3. The van der Waals surface area contributed by atoms with Crippen LogP contribution in [-0.2, 0) is 19.1 Å². The monoisotopic (exact) mass is 893 g/mol. The largest absolute Gasteiger partial charge is 0.374 e. The fourth-order valence-corrected chi connectivity index (χ4v) is 10.5. The molecule has 0 spiro atoms. The molecule has 4 saturated heterocycles. The first-order chi connectivity index (χ1) is 31.6. The highest BCUT2D eigenvalue weighted by Gasteiger charge is 2.40. The van der Waals surface area contributed by atoms with E-state index in [0.29, 0.717) is 43.3 Å². The highest BCUT2D eigenvalue weighted by molar-refractivity contribution is 6.08. The molecule has 0 radical (unpaired) electrons. The summed E-state index contributed by atoms with van der Waals surface area (Å²) in [5, 5.41) is 19.4. The number of nitrogens with zero attached hydrogens (tertiary/aromatic N) is 9. The lowest BCUT2D eigenvalue weighted by Crippen LogP contribution is -2.47. The first-order valence-corrected chi connectivity index (χ1v) is 22.9. The molecule has 2 N–H and O–H groups in total. The maximum absolute atomic E-state index is 15.6. The molecule has 1 unspecified atom stereocenters. The molecule has 5 atom stereocenters. The third-order valence-electron chi connectivity index (χ3n) is 14.1. The van der Waals surface area contributed by atoms with Crippen LogP contribution in [0.1, 0.15) is 116 Å². The minimum atomic E-state index is -2.89. The normalized spacial score (nSPS) is 27.1. The number of imide groups is 1. The minimum absolute atomic E-state index is 0.0410. The van der Waals surface area contributed by atoms with E-state index in [1.807, 2.05) is 28.9 Å². The molecule has 19 heteroatoms. The number of nitrogens with one attached hydrogen (secondary N) is 2. The lowest BCUT2D eigenvalue weighted by atomic mass is 9.85. The van der Waals surface area contributed by atoms with Crippen molar-refractivity contribution in [1.82, 2.24) is 44.4 Å². The van der Waals surface area contributed by atoms with E-state index in [4.69, 9.17) is 19.6 Å². The van der Waals surface area contributed by atoms with Gasteiger partial charge in [0.15, 0.2) is 11.3 Å². The molecular weight excluding hydrogens is 844 g/mol. The van der Waals surface area contributed by atoms with Gasteiger partial charge in [-0.1, -0.05) is 24.0 Å². The van der Waals surface area contributed by atoms with Gasteiger partial charge in [-0.25, -0.2) is 22.7 Å². The summed E-state index contributed by atoms with van der Waals surface area (Å²) >= 11 is 0. The Bertz CT molecular complexity index is 2710. The van der Waals surface area contributed by atoms with E-state index >= 15 is 4.39 Å². The number of aromatic nitrogens is 7. The van der Waals surface area contributed by atoms with Crippen molar-refractivity contribution in [2.24, 2.45) is 5.92 Å². The van der Waals surface area contributed by atoms with Gasteiger partial charge in [-0.15, -0.1) is 0 Å². The molecule has 1 aromatic carbocycles. The molecule has 340 valence electrons. The first kappa shape index (κ1) is 41.8. The zero-order valence-corrected chi connectivity index (χ0v) is 35.8. The van der Waals surface area contributed by atoms with Gasteiger partial charge in [0.05, 0.1) is 71.5 Å². The van der Waals surface area contributed by atoms with Crippen molar-refractivity contribution in [2.45, 2.75) is 113 Å². The van der Waals surface area contributed by atoms with Gasteiger partial charge in [0.1, 0.15) is 24.2 Å². The number of benzene rings is 1. The summed E-state index contributed by atoms with van der Waals surface area (Å²) in [6, 6.07) is 7.98. The van der Waals surface area contributed by atoms with Crippen LogP contribution in [0.25, 0.3) is 16.6 Å². The standard InChI is InChI=1S/C46H50F3N11O5/c47-35-23-56(16-14-37(35)64-18-2-4-27-3-1-5-32-40(33-12-13-39(61)53-45(33)62)55-60(42(27)32)29-10-11-29)21-26-6-8-28(9-7-26)59-24-36(41(54-59)43(48)49)51-46(63)34-20-50-58-17-15-38(52-44(34)58)57-22-31-19-30(57)25-65-31/h1,3,5,15,17,20,24,26,28-31,33,35,37,43H,6-14,16,18-19,21-23,25H2,(H,51,63)(H,53,61,62)/t26?,28?,30-,31-,33?,35+,37-/m1/s1. The number of alkyl halides is 3. The van der Waals surface area contributed by atoms with Crippen LogP contribution in [0.3, 0.4) is 0 Å². The molecule has 2 aliphatic carbocycles. The van der Waals surface area contributed by atoms with Crippen LogP contribution in [0.5, 0.6) is 0 Å². The van der Waals surface area contributed by atoms with E-state index in [9.17, 15) is 23.2 Å². The van der Waals surface area contributed by atoms with Crippen LogP contribution in [0, 0.1) is 17.8 Å². The second-order valence-corrected chi connectivity index (χ2v) is 18.4. The molecule has 6 aliphatic rings. The molecule has 4 aliphatic heterocycles. The fourth-order valence-electron chi connectivity index (χ4n) is 10.5. The summed E-state index contributed by atoms with van der Waals surface area (Å²) in [4.78, 5) is 47.2. The quantitative estimate of drug-likeness (QED) is 0.127. The number of fused-ring (bicyclic) bond motifs is 4. The third-order valence-corrected chi connectivity index (χ3v) is 14.1. The fraction of sp³-hybridized carbons (Fsp3) is 0.543. The van der Waals surface area contributed by atoms with E-state index in [0.717, 1.165) is 80.3 Å². The van der Waals surface area contributed by atoms with E-state index in [1.54, 1.807) is 10.9 Å². The Hall–Kier alpha value is -5.84. The number of anilines is 2. The first-order valence-electron chi connectivity index (χ1n) is 22.9. The van der Waals surface area contributed by atoms with Crippen LogP contribution in [0.15, 0.2) is 42.9 Å². The Morgan fingerprint density at radius 2 is 1.86 bits per heavy atom. The maximum atomic E-state index is 15.6. The molecule has 2 saturated carbocycles. The molecule has 3 amide bonds. The van der Waals surface area contributed by atoms with Gasteiger partial charge in [0.25, 0.3) is 12.3 Å². The SMILES string of the molecule is O=C1CCC(c2nn(C3CC3)c3c(C#CCO[C@@H]4CCN(CC5CCC(n6cc(NC(=O)c7cnn8ccc(N9C[C@H]%10C[C@@H]9CO%10)nc78)c(C(F)F)n6)CC5)C[C@@H]4F)cccc23)C(=O)N1. The number of likely N-dealkylation sites (tertiary alicyclic amines) is 1. The molecule has 5 aromatic rings. The zero-order valence-electron chi connectivity index (χ0n) is 35.8. The van der Waals surface area contributed by atoms with Crippen LogP contribution in [0.2, 0.25) is 0 Å². The van der Waals surface area contributed by atoms with Gasteiger partial charge in [-0.2, -0.15) is 15.3 Å². The molecule has 6 fully saturated rings. The van der Waals surface area contributed by atoms with Gasteiger partial charge in [-0.3, -0.25) is 34.0 Å². The van der Waals surface area contributed by atoms with Crippen molar-refractivity contribution in [3.8, 4) is 11.8 Å². The van der Waals surface area contributed by atoms with Crippen LogP contribution >= 0.6 is 0 Å². The molecule has 2 bridgehead atoms. The summed E-state index contributed by atoms with van der Waals surface area (Å²) in [6.45, 7) is 3.13. The Morgan fingerprint density at radius 1 is 1.02 bits per heavy atom. The molecule has 65 heavy (non-hydrogen) atoms. The number of ether oxygens (including phenoxy) is 2. The van der Waals surface area contributed by atoms with E-state index in [2.05, 4.69) is 42.5 Å². The number of hydrogen-bond donors (Lipinski definition) is 2. The molecule has 8 heterocycles. The Labute approximate surface area is 372 Å². The van der Waals surface area contributed by atoms with Crippen LogP contribution < -0.4 is 15.5 Å². The number of carbonyl (C=O) groups is 3. The Balaban J connectivity index is 0.670. The van der Waals surface area contributed by atoms with Crippen molar-refractivity contribution in [3.63, 3.8) is 0 Å². The highest BCUT2D eigenvalue weighted by atomic mass is 19.3. The van der Waals surface area contributed by atoms with Crippen LogP contribution in [-0.4, -0.2) is 121 Å². The van der Waals surface area contributed by atoms with Gasteiger partial charge in [0.2, 0.25) is 11.8 Å². The lowest BCUT2D eigenvalue weighted by molar-refractivity contribution is -0.134. The second-order valence-electron chi connectivity index (χ2n) is 18.4. The smallest absolute Gasteiger partial charge is 0.284 e. The van der Waals surface area contributed by atoms with Crippen molar-refractivity contribution in [1.29, 1.82) is 0 Å². The van der Waals surface area contributed by atoms with Crippen molar-refractivity contribution < 1.29 is 37.0 Å². The average Bonchev–Trinajstić information content (AvgIpc) is 3.73. The summed E-state index contributed by atoms with van der Waals surface area (Å²) < 4.78 is 60.9. The summed E-state index contributed by atoms with van der Waals surface area (Å²) in [5.74, 6) is 5.69. The van der Waals surface area contributed by atoms with Crippen LogP contribution in [0.4, 0.5) is 24.7 Å². The minimum Gasteiger partial charge on any atom is -0.374 e. The van der Waals surface area contributed by atoms with E-state index in [1.165, 1.54) is 16.9 Å². The van der Waals surface area contributed by atoms with Crippen molar-refractivity contribution >= 4 is 45.8 Å². The summed E-state index contributed by atoms with van der Waals surface area (Å²) in [6.07, 6.45) is 7.45. The maximum Gasteiger partial charge on any atom is 0.284 e. The number of para-hydroxylation sites is 1.